The summed E-state index contributed by atoms with van der Waals surface area (Å²) in [4.78, 5) is 47.0. The highest BCUT2D eigenvalue weighted by molar-refractivity contribution is 7.84. The van der Waals surface area contributed by atoms with Crippen molar-refractivity contribution in [2.24, 2.45) is 5.16 Å². The molecule has 2 aromatic rings. The highest BCUT2D eigenvalue weighted by atomic mass is 32.2. The summed E-state index contributed by atoms with van der Waals surface area (Å²) in [7, 11) is -4.83. The Kier molecular flexibility index (Phi) is 10.0. The zero-order chi connectivity index (χ0) is 32.2. The van der Waals surface area contributed by atoms with E-state index in [1.807, 2.05) is 0 Å². The first kappa shape index (κ1) is 32.6. The maximum absolute atomic E-state index is 13.1. The second-order valence-electron chi connectivity index (χ2n) is 10.0. The number of nitrogen functional groups attached to an aromatic ring is 1. The Hall–Kier alpha value is -4.33. The Labute approximate surface area is 256 Å². The van der Waals surface area contributed by atoms with Gasteiger partial charge in [-0.15, -0.1) is 11.3 Å². The van der Waals surface area contributed by atoms with Gasteiger partial charge in [0.25, 0.3) is 17.9 Å². The van der Waals surface area contributed by atoms with Crippen molar-refractivity contribution in [1.29, 1.82) is 5.41 Å². The predicted molar refractivity (Wildman–Crippen MR) is 158 cm³/mol. The van der Waals surface area contributed by atoms with E-state index < -0.39 is 58.6 Å². The van der Waals surface area contributed by atoms with E-state index in [4.69, 9.17) is 20.7 Å². The first-order valence-electron chi connectivity index (χ1n) is 13.4. The first-order chi connectivity index (χ1) is 20.8. The monoisotopic (exact) mass is 652 g/mol. The number of aliphatic carboxylic acids is 1. The number of carbonyl (C=O) groups excluding carboxylic acids is 2. The van der Waals surface area contributed by atoms with Crippen LogP contribution in [-0.4, -0.2) is 101 Å². The maximum Gasteiger partial charge on any atom is 0.362 e. The number of β-lactam (4-membered cyclic amide) rings is 1. The fourth-order valence-corrected chi connectivity index (χ4v) is 6.12. The molecular weight excluding hydrogens is 620 g/mol. The summed E-state index contributed by atoms with van der Waals surface area (Å²) in [5, 5.41) is 30.6. The summed E-state index contributed by atoms with van der Waals surface area (Å²) < 4.78 is 37.8. The van der Waals surface area contributed by atoms with Crippen molar-refractivity contribution in [2.75, 3.05) is 25.4 Å². The number of thiazole rings is 1. The van der Waals surface area contributed by atoms with E-state index in [0.29, 0.717) is 16.2 Å². The molecule has 2 aliphatic heterocycles. The van der Waals surface area contributed by atoms with Crippen LogP contribution >= 0.6 is 11.3 Å². The number of carboxylic acid groups (broad SMARTS) is 1. The van der Waals surface area contributed by atoms with Crippen molar-refractivity contribution in [3.8, 4) is 5.75 Å². The summed E-state index contributed by atoms with van der Waals surface area (Å²) >= 11 is 1.02. The number of hydrogen-bond donors (Lipinski definition) is 7. The van der Waals surface area contributed by atoms with Gasteiger partial charge in [0, 0.05) is 16.5 Å². The third-order valence-corrected chi connectivity index (χ3v) is 8.71. The van der Waals surface area contributed by atoms with Crippen LogP contribution in [0.2, 0.25) is 0 Å². The number of nitrogens with one attached hydrogen (secondary N) is 4. The van der Waals surface area contributed by atoms with Gasteiger partial charge in [-0.3, -0.25) is 19.6 Å². The first-order valence-corrected chi connectivity index (χ1v) is 15.6. The highest BCUT2D eigenvalue weighted by Crippen LogP contribution is 2.24. The normalized spacial score (nSPS) is 19.9. The highest BCUT2D eigenvalue weighted by Gasteiger charge is 2.51. The maximum atomic E-state index is 13.1. The number of amidine groups is 1. The molecule has 2 amide bonds. The van der Waals surface area contributed by atoms with Crippen LogP contribution in [0, 0.1) is 12.3 Å². The van der Waals surface area contributed by atoms with Gasteiger partial charge in [-0.1, -0.05) is 5.16 Å². The topological polar surface area (TPSA) is 259 Å². The number of ether oxygens (including phenoxy) is 1. The molecule has 0 aliphatic carbocycles. The Morgan fingerprint density at radius 1 is 1.27 bits per heavy atom. The molecule has 1 aromatic carbocycles. The average Bonchev–Trinajstić information content (AvgIpc) is 3.30. The minimum Gasteiger partial charge on any atom is -0.489 e. The Morgan fingerprint density at radius 3 is 2.48 bits per heavy atom. The van der Waals surface area contributed by atoms with Crippen molar-refractivity contribution >= 4 is 56.1 Å². The summed E-state index contributed by atoms with van der Waals surface area (Å²) in [6.07, 6.45) is 0.130. The van der Waals surface area contributed by atoms with Crippen molar-refractivity contribution < 1.29 is 42.0 Å². The lowest BCUT2D eigenvalue weighted by Gasteiger charge is -2.42. The molecule has 3 heterocycles. The number of rotatable bonds is 12. The minimum atomic E-state index is -4.83. The quantitative estimate of drug-likeness (QED) is 0.0501. The molecule has 1 unspecified atom stereocenters. The number of anilines is 1. The van der Waals surface area contributed by atoms with Gasteiger partial charge in [-0.2, -0.15) is 8.42 Å². The van der Waals surface area contributed by atoms with Gasteiger partial charge in [0.15, 0.2) is 10.8 Å². The Balaban J connectivity index is 1.43. The molecule has 1 aromatic heterocycles. The number of piperidine rings is 1. The van der Waals surface area contributed by atoms with Crippen LogP contribution in [-0.2, 0) is 29.5 Å². The number of aromatic nitrogens is 1. The smallest absolute Gasteiger partial charge is 0.362 e. The number of nitrogens with two attached hydrogens (primary N) is 1. The fraction of sp³-hybridized carbons (Fsp3) is 0.440. The number of hydrogen-bond acceptors (Lipinski definition) is 13. The SMILES string of the molecule is Cc1sc(N)nc1/C(=N/OC(COc1ccc(C(=N)NC2CCNCC2)cc1)C(=O)O)C(=O)N[C@@H]1C(=O)N(S(=O)(=O)O)[C@H]1C. The number of amides is 2. The van der Waals surface area contributed by atoms with Crippen LogP contribution in [0.5, 0.6) is 5.75 Å². The molecule has 4 rings (SSSR count). The van der Waals surface area contributed by atoms with Crippen molar-refractivity contribution in [2.45, 2.75) is 50.9 Å². The number of benzene rings is 1. The number of nitrogens with zero attached hydrogens (tertiary/aromatic N) is 3. The van der Waals surface area contributed by atoms with Crippen molar-refractivity contribution in [3.63, 3.8) is 0 Å². The molecule has 2 aliphatic rings. The van der Waals surface area contributed by atoms with Gasteiger partial charge in [-0.25, -0.2) is 14.1 Å². The zero-order valence-electron chi connectivity index (χ0n) is 23.6. The van der Waals surface area contributed by atoms with Crippen LogP contribution in [0.3, 0.4) is 0 Å². The average molecular weight is 653 g/mol. The number of aryl methyl sites for hydroxylation is 1. The van der Waals surface area contributed by atoms with E-state index in [9.17, 15) is 32.5 Å². The standard InChI is InChI=1S/C25H32N8O9S2/c1-12-18(23(35)33(12)44(38,39)40)30-22(34)20(19-13(2)43-25(27)31-19)32-42-17(24(36)37)11-41-16-5-3-14(4-6-16)21(26)29-15-7-9-28-10-8-15/h3-6,12,15,17-18,28H,7-11H2,1-2H3,(H2,26,29)(H2,27,31)(H,30,34)(H,36,37)(H,38,39,40)/b32-20-/t12-,17?,18-/m0/s1. The molecule has 8 N–H and O–H groups in total. The van der Waals surface area contributed by atoms with Crippen molar-refractivity contribution in [3.05, 3.63) is 40.4 Å². The van der Waals surface area contributed by atoms with Crippen LogP contribution in [0.15, 0.2) is 29.4 Å². The van der Waals surface area contributed by atoms with Crippen LogP contribution in [0.4, 0.5) is 5.13 Å². The second-order valence-corrected chi connectivity index (χ2v) is 12.5. The van der Waals surface area contributed by atoms with Gasteiger partial charge in [-0.05, 0) is 64.0 Å². The van der Waals surface area contributed by atoms with Crippen molar-refractivity contribution in [1.82, 2.24) is 25.2 Å². The molecule has 238 valence electrons. The lowest BCUT2D eigenvalue weighted by molar-refractivity contribution is -0.152. The van der Waals surface area contributed by atoms with E-state index in [-0.39, 0.29) is 27.0 Å². The zero-order valence-corrected chi connectivity index (χ0v) is 25.3. The van der Waals surface area contributed by atoms with Gasteiger partial charge in [0.1, 0.15) is 29.9 Å². The summed E-state index contributed by atoms with van der Waals surface area (Å²) in [5.41, 5.74) is 5.81. The Bertz CT molecular complexity index is 1560. The predicted octanol–water partition coefficient (Wildman–Crippen LogP) is -0.528. The molecule has 2 saturated heterocycles. The fourth-order valence-electron chi connectivity index (χ4n) is 4.55. The van der Waals surface area contributed by atoms with E-state index in [1.165, 1.54) is 6.92 Å². The largest absolute Gasteiger partial charge is 0.489 e. The number of oxime groups is 1. The molecule has 0 bridgehead atoms. The third kappa shape index (κ3) is 7.59. The third-order valence-electron chi connectivity index (χ3n) is 6.90. The molecule has 2 fully saturated rings. The van der Waals surface area contributed by atoms with Crippen LogP contribution in [0.1, 0.15) is 35.9 Å². The summed E-state index contributed by atoms with van der Waals surface area (Å²) in [5.74, 6) is -3.01. The van der Waals surface area contributed by atoms with Gasteiger partial charge in [0.05, 0.1) is 6.04 Å². The lowest BCUT2D eigenvalue weighted by Crippen LogP contribution is -2.71. The van der Waals surface area contributed by atoms with E-state index >= 15 is 0 Å². The van der Waals surface area contributed by atoms with Crippen LogP contribution in [0.25, 0.3) is 0 Å². The van der Waals surface area contributed by atoms with Gasteiger partial charge in [0.2, 0.25) is 0 Å². The molecule has 17 nitrogen and oxygen atoms in total. The number of carbonyl (C=O) groups is 3. The Morgan fingerprint density at radius 2 is 1.93 bits per heavy atom. The second kappa shape index (κ2) is 13.5. The molecule has 0 spiro atoms. The van der Waals surface area contributed by atoms with Gasteiger partial charge < -0.3 is 36.4 Å². The van der Waals surface area contributed by atoms with E-state index in [1.54, 1.807) is 31.2 Å². The summed E-state index contributed by atoms with van der Waals surface area (Å²) in [6, 6.07) is 4.22. The van der Waals surface area contributed by atoms with Gasteiger partial charge >= 0.3 is 16.3 Å². The molecule has 0 saturated carbocycles. The lowest BCUT2D eigenvalue weighted by atomic mass is 10.0. The molecule has 0 radical (unpaired) electrons. The molecule has 44 heavy (non-hydrogen) atoms. The van der Waals surface area contributed by atoms with E-state index in [0.717, 1.165) is 37.3 Å². The molecular formula is C25H32N8O9S2. The molecule has 19 heteroatoms. The number of carboxylic acids is 1. The molecule has 3 atom stereocenters. The van der Waals surface area contributed by atoms with E-state index in [2.05, 4.69) is 26.1 Å². The summed E-state index contributed by atoms with van der Waals surface area (Å²) in [6.45, 7) is 4.11. The minimum absolute atomic E-state index is 0.0442. The van der Waals surface area contributed by atoms with Crippen LogP contribution < -0.4 is 26.4 Å².